The number of anilines is 1. The molecule has 208 valence electrons. The van der Waals surface area contributed by atoms with Crippen LogP contribution in [0.3, 0.4) is 0 Å². The van der Waals surface area contributed by atoms with Crippen LogP contribution in [0.5, 0.6) is 0 Å². The first kappa shape index (κ1) is 25.5. The summed E-state index contributed by atoms with van der Waals surface area (Å²) in [6.45, 7) is 8.78. The molecule has 3 aliphatic carbocycles. The molecule has 4 nitrogen and oxygen atoms in total. The maximum absolute atomic E-state index is 16.1. The van der Waals surface area contributed by atoms with Crippen molar-refractivity contribution < 1.29 is 13.2 Å². The van der Waals surface area contributed by atoms with E-state index in [1.165, 1.54) is 17.7 Å². The van der Waals surface area contributed by atoms with Gasteiger partial charge < -0.3 is 10.3 Å². The Labute approximate surface area is 228 Å². The van der Waals surface area contributed by atoms with E-state index in [0.29, 0.717) is 23.4 Å². The Morgan fingerprint density at radius 2 is 1.77 bits per heavy atom. The molecule has 4 fully saturated rings. The summed E-state index contributed by atoms with van der Waals surface area (Å²) in [5, 5.41) is 4.45. The van der Waals surface area contributed by atoms with Crippen LogP contribution >= 0.6 is 0 Å². The molecule has 1 saturated heterocycles. The van der Waals surface area contributed by atoms with Crippen molar-refractivity contribution >= 4 is 16.6 Å². The van der Waals surface area contributed by atoms with Crippen molar-refractivity contribution in [2.45, 2.75) is 76.5 Å². The van der Waals surface area contributed by atoms with Crippen LogP contribution in [-0.4, -0.2) is 58.7 Å². The largest absolute Gasteiger partial charge is 0.380 e. The van der Waals surface area contributed by atoms with Crippen molar-refractivity contribution in [3.05, 3.63) is 64.9 Å². The van der Waals surface area contributed by atoms with Crippen LogP contribution in [0, 0.1) is 23.0 Å². The highest BCUT2D eigenvalue weighted by Crippen LogP contribution is 2.74. The highest BCUT2D eigenvalue weighted by atomic mass is 19.1. The van der Waals surface area contributed by atoms with Gasteiger partial charge in [-0.1, -0.05) is 32.0 Å². The highest BCUT2D eigenvalue weighted by molar-refractivity contribution is 5.85. The fourth-order valence-corrected chi connectivity index (χ4v) is 8.47. The van der Waals surface area contributed by atoms with E-state index in [2.05, 4.69) is 53.0 Å². The molecule has 2 N–H and O–H groups in total. The number of nitrogens with one attached hydrogen (secondary N) is 2. The van der Waals surface area contributed by atoms with E-state index >= 15 is 8.78 Å². The van der Waals surface area contributed by atoms with Gasteiger partial charge in [-0.25, -0.2) is 8.78 Å². The molecule has 0 amide bonds. The molecule has 8 rings (SSSR count). The summed E-state index contributed by atoms with van der Waals surface area (Å²) in [5.41, 5.74) is 4.18. The number of benzene rings is 2. The van der Waals surface area contributed by atoms with Gasteiger partial charge in [0.25, 0.3) is 0 Å². The predicted octanol–water partition coefficient (Wildman–Crippen LogP) is 6.82. The second-order valence-corrected chi connectivity index (χ2v) is 13.2. The lowest BCUT2D eigenvalue weighted by molar-refractivity contribution is -0.260. The second-order valence-electron chi connectivity index (χ2n) is 13.2. The number of H-pyrrole nitrogens is 1. The number of hydrogen-bond donors (Lipinski definition) is 2. The lowest BCUT2D eigenvalue weighted by Gasteiger charge is -2.78. The number of para-hydroxylation sites is 1. The molecule has 2 aromatic carbocycles. The Hall–Kier alpha value is -2.51. The third kappa shape index (κ3) is 3.79. The van der Waals surface area contributed by atoms with Gasteiger partial charge in [0.15, 0.2) is 0 Å². The molecule has 0 radical (unpaired) electrons. The van der Waals surface area contributed by atoms with Gasteiger partial charge in [0.05, 0.1) is 18.8 Å². The van der Waals surface area contributed by atoms with Crippen molar-refractivity contribution in [1.82, 2.24) is 14.8 Å². The molecule has 3 aromatic rings. The molecule has 2 bridgehead atoms. The van der Waals surface area contributed by atoms with Crippen molar-refractivity contribution in [1.29, 1.82) is 0 Å². The van der Waals surface area contributed by atoms with Gasteiger partial charge in [-0.2, -0.15) is 0 Å². The SMILES string of the molecule is CC1Cc2c([nH]c3ccccc23)C(c2c(F)cc(NC3CN(CCCF)C3)cc2F)N1C12CC(C(C)C)(C1)C2. The third-order valence-electron chi connectivity index (χ3n) is 10.5. The molecule has 0 spiro atoms. The Morgan fingerprint density at radius 3 is 2.44 bits per heavy atom. The van der Waals surface area contributed by atoms with E-state index in [0.717, 1.165) is 61.9 Å². The molecule has 3 saturated carbocycles. The summed E-state index contributed by atoms with van der Waals surface area (Å²) in [4.78, 5) is 8.23. The third-order valence-corrected chi connectivity index (χ3v) is 10.5. The molecule has 2 unspecified atom stereocenters. The number of halogens is 3. The normalized spacial score (nSPS) is 30.6. The molecule has 3 heterocycles. The number of hydrogen-bond acceptors (Lipinski definition) is 3. The Bertz CT molecular complexity index is 1360. The van der Waals surface area contributed by atoms with Gasteiger partial charge in [0.1, 0.15) is 11.6 Å². The molecule has 7 heteroatoms. The van der Waals surface area contributed by atoms with E-state index in [4.69, 9.17) is 0 Å². The van der Waals surface area contributed by atoms with Gasteiger partial charge >= 0.3 is 0 Å². The van der Waals surface area contributed by atoms with Gasteiger partial charge in [0, 0.05) is 59.1 Å². The first-order chi connectivity index (χ1) is 18.7. The molecular formula is C32H39F3N4. The number of aromatic amines is 1. The standard InChI is InChI=1S/C32H39F3N4/c1-19(2)31-16-32(17-31,18-31)39-20(3)11-24-23-7-4-5-8-27(23)37-29(24)30(39)28-25(34)12-21(13-26(28)35)36-22-14-38(15-22)10-6-9-33/h4-5,7-8,12-13,19-20,22,30,36-37H,6,9-11,14-18H2,1-3H3. The minimum absolute atomic E-state index is 0.00807. The minimum Gasteiger partial charge on any atom is -0.380 e. The predicted molar refractivity (Wildman–Crippen MR) is 150 cm³/mol. The maximum Gasteiger partial charge on any atom is 0.133 e. The van der Waals surface area contributed by atoms with Gasteiger partial charge in [-0.3, -0.25) is 14.2 Å². The van der Waals surface area contributed by atoms with Crippen molar-refractivity contribution in [2.24, 2.45) is 11.3 Å². The van der Waals surface area contributed by atoms with Crippen LogP contribution in [0.2, 0.25) is 0 Å². The highest BCUT2D eigenvalue weighted by Gasteiger charge is 2.72. The molecular weight excluding hydrogens is 497 g/mol. The molecule has 2 aliphatic heterocycles. The van der Waals surface area contributed by atoms with Crippen LogP contribution in [-0.2, 0) is 6.42 Å². The summed E-state index contributed by atoms with van der Waals surface area (Å²) in [7, 11) is 0. The van der Waals surface area contributed by atoms with E-state index in [9.17, 15) is 4.39 Å². The van der Waals surface area contributed by atoms with Gasteiger partial charge in [-0.05, 0) is 74.1 Å². The quantitative estimate of drug-likeness (QED) is 0.332. The Balaban J connectivity index is 1.24. The smallest absolute Gasteiger partial charge is 0.133 e. The van der Waals surface area contributed by atoms with Crippen LogP contribution < -0.4 is 5.32 Å². The monoisotopic (exact) mass is 536 g/mol. The average molecular weight is 537 g/mol. The average Bonchev–Trinajstić information content (AvgIpc) is 3.17. The number of aromatic nitrogens is 1. The van der Waals surface area contributed by atoms with Crippen molar-refractivity contribution in [3.63, 3.8) is 0 Å². The first-order valence-electron chi connectivity index (χ1n) is 14.7. The fourth-order valence-electron chi connectivity index (χ4n) is 8.47. The van der Waals surface area contributed by atoms with Crippen LogP contribution in [0.1, 0.15) is 69.3 Å². The summed E-state index contributed by atoms with van der Waals surface area (Å²) in [6, 6.07) is 11.0. The summed E-state index contributed by atoms with van der Waals surface area (Å²) in [6.07, 6.45) is 4.72. The lowest BCUT2D eigenvalue weighted by Crippen LogP contribution is -2.78. The van der Waals surface area contributed by atoms with E-state index in [1.54, 1.807) is 0 Å². The minimum atomic E-state index is -0.495. The number of fused-ring (bicyclic) bond motifs is 3. The summed E-state index contributed by atoms with van der Waals surface area (Å²) in [5.74, 6) is -0.366. The van der Waals surface area contributed by atoms with Crippen molar-refractivity contribution in [2.75, 3.05) is 31.6 Å². The Kier molecular flexibility index (Phi) is 5.87. The lowest BCUT2D eigenvalue weighted by atomic mass is 9.35. The first-order valence-corrected chi connectivity index (χ1v) is 14.7. The van der Waals surface area contributed by atoms with Gasteiger partial charge in [-0.15, -0.1) is 0 Å². The number of nitrogens with zero attached hydrogens (tertiary/aromatic N) is 2. The van der Waals surface area contributed by atoms with E-state index in [-0.39, 0.29) is 29.9 Å². The van der Waals surface area contributed by atoms with Crippen molar-refractivity contribution in [3.8, 4) is 0 Å². The fraction of sp³-hybridized carbons (Fsp3) is 0.562. The summed E-state index contributed by atoms with van der Waals surface area (Å²) >= 11 is 0. The van der Waals surface area contributed by atoms with Crippen LogP contribution in [0.4, 0.5) is 18.9 Å². The van der Waals surface area contributed by atoms with Gasteiger partial charge in [0.2, 0.25) is 0 Å². The maximum atomic E-state index is 16.1. The molecule has 5 aliphatic rings. The molecule has 2 atom stereocenters. The zero-order valence-electron chi connectivity index (χ0n) is 23.2. The van der Waals surface area contributed by atoms with E-state index < -0.39 is 17.7 Å². The Morgan fingerprint density at radius 1 is 1.08 bits per heavy atom. The topological polar surface area (TPSA) is 34.3 Å². The van der Waals surface area contributed by atoms with E-state index in [1.807, 2.05) is 12.1 Å². The van der Waals surface area contributed by atoms with Crippen LogP contribution in [0.15, 0.2) is 36.4 Å². The second kappa shape index (κ2) is 9.00. The number of rotatable bonds is 8. The number of alkyl halides is 1. The molecule has 1 aromatic heterocycles. The number of likely N-dealkylation sites (tertiary alicyclic amines) is 1. The van der Waals surface area contributed by atoms with Crippen LogP contribution in [0.25, 0.3) is 10.9 Å². The summed E-state index contributed by atoms with van der Waals surface area (Å²) < 4.78 is 44.7. The zero-order valence-corrected chi connectivity index (χ0v) is 23.2. The zero-order chi connectivity index (χ0) is 27.1. The molecule has 39 heavy (non-hydrogen) atoms.